The van der Waals surface area contributed by atoms with E-state index in [-0.39, 0.29) is 17.1 Å². The predicted molar refractivity (Wildman–Crippen MR) is 94.3 cm³/mol. The maximum Gasteiger partial charge on any atom is 0.262 e. The molecule has 0 aliphatic rings. The monoisotopic (exact) mass is 344 g/mol. The zero-order valence-electron chi connectivity index (χ0n) is 13.2. The maximum absolute atomic E-state index is 13.5. The summed E-state index contributed by atoms with van der Waals surface area (Å²) in [6.07, 6.45) is 0. The fourth-order valence-electron chi connectivity index (χ4n) is 2.38. The smallest absolute Gasteiger partial charge is 0.262 e. The van der Waals surface area contributed by atoms with Gasteiger partial charge in [0.05, 0.1) is 17.5 Å². The molecule has 0 amide bonds. The molecule has 124 valence electrons. The number of benzene rings is 2. The molecule has 0 spiro atoms. The first kappa shape index (κ1) is 16.5. The van der Waals surface area contributed by atoms with E-state index < -0.39 is 0 Å². The summed E-state index contributed by atoms with van der Waals surface area (Å²) >= 11 is 1.43. The minimum Gasteiger partial charge on any atom is -0.490 e. The fraction of sp³-hybridized carbons (Fsp3) is 0.222. The second-order valence-corrected chi connectivity index (χ2v) is 6.15. The van der Waals surface area contributed by atoms with E-state index in [2.05, 4.69) is 4.98 Å². The van der Waals surface area contributed by atoms with Gasteiger partial charge in [-0.05, 0) is 31.2 Å². The van der Waals surface area contributed by atoms with Gasteiger partial charge in [0.1, 0.15) is 0 Å². The number of ether oxygens (including phenoxy) is 1. The van der Waals surface area contributed by atoms with Crippen LogP contribution in [0, 0.1) is 5.82 Å². The summed E-state index contributed by atoms with van der Waals surface area (Å²) < 4.78 is 20.6. The Balaban J connectivity index is 1.73. The Hall–Kier alpha value is -2.34. The molecule has 0 fully saturated rings. The molecule has 3 rings (SSSR count). The first-order valence-electron chi connectivity index (χ1n) is 7.70. The van der Waals surface area contributed by atoms with Crippen LogP contribution >= 0.6 is 11.8 Å². The van der Waals surface area contributed by atoms with E-state index in [0.29, 0.717) is 35.0 Å². The Morgan fingerprint density at radius 3 is 2.71 bits per heavy atom. The van der Waals surface area contributed by atoms with Crippen LogP contribution in [0.4, 0.5) is 4.39 Å². The van der Waals surface area contributed by atoms with E-state index in [1.54, 1.807) is 28.8 Å². The number of hydrogen-bond donors (Lipinski definition) is 0. The fourth-order valence-corrected chi connectivity index (χ4v) is 3.26. The molecule has 0 atom stereocenters. The molecule has 0 bridgehead atoms. The highest BCUT2D eigenvalue weighted by atomic mass is 32.2. The third kappa shape index (κ3) is 3.43. The molecular formula is C18H17FN2O2S. The number of nitrogens with zero attached hydrogens (tertiary/aromatic N) is 2. The van der Waals surface area contributed by atoms with Crippen LogP contribution in [0.5, 0.6) is 5.75 Å². The summed E-state index contributed by atoms with van der Waals surface area (Å²) in [5, 5.41) is 1.27. The minimum absolute atomic E-state index is 0.0411. The van der Waals surface area contributed by atoms with Crippen molar-refractivity contribution in [1.82, 2.24) is 9.55 Å². The van der Waals surface area contributed by atoms with E-state index in [0.717, 1.165) is 0 Å². The van der Waals surface area contributed by atoms with Gasteiger partial charge in [-0.3, -0.25) is 9.36 Å². The Labute approximate surface area is 143 Å². The zero-order valence-corrected chi connectivity index (χ0v) is 14.1. The lowest BCUT2D eigenvalue weighted by atomic mass is 10.2. The SMILES string of the molecule is CCn1c(SCCOc2ccccc2F)nc2ccccc2c1=O. The van der Waals surface area contributed by atoms with Crippen LogP contribution in [0.25, 0.3) is 10.9 Å². The number of fused-ring (bicyclic) bond motifs is 1. The highest BCUT2D eigenvalue weighted by Gasteiger charge is 2.10. The van der Waals surface area contributed by atoms with Gasteiger partial charge in [0, 0.05) is 12.3 Å². The Kier molecular flexibility index (Phi) is 5.15. The molecule has 6 heteroatoms. The summed E-state index contributed by atoms with van der Waals surface area (Å²) in [5.74, 6) is 0.424. The Morgan fingerprint density at radius 1 is 1.17 bits per heavy atom. The van der Waals surface area contributed by atoms with E-state index in [1.807, 2.05) is 25.1 Å². The van der Waals surface area contributed by atoms with Crippen LogP contribution in [0.2, 0.25) is 0 Å². The van der Waals surface area contributed by atoms with Crippen LogP contribution in [0.15, 0.2) is 58.5 Å². The average Bonchev–Trinajstić information content (AvgIpc) is 2.60. The topological polar surface area (TPSA) is 44.1 Å². The highest BCUT2D eigenvalue weighted by Crippen LogP contribution is 2.19. The standard InChI is InChI=1S/C18H17FN2O2S/c1-2-21-17(22)13-7-3-5-9-15(13)20-18(21)24-12-11-23-16-10-6-4-8-14(16)19/h3-10H,2,11-12H2,1H3. The van der Waals surface area contributed by atoms with Crippen LogP contribution < -0.4 is 10.3 Å². The molecule has 4 nitrogen and oxygen atoms in total. The highest BCUT2D eigenvalue weighted by molar-refractivity contribution is 7.99. The molecule has 0 N–H and O–H groups in total. The predicted octanol–water partition coefficient (Wildman–Crippen LogP) is 3.73. The van der Waals surface area contributed by atoms with Crippen molar-refractivity contribution in [1.29, 1.82) is 0 Å². The molecule has 24 heavy (non-hydrogen) atoms. The van der Waals surface area contributed by atoms with Crippen LogP contribution in [0.3, 0.4) is 0 Å². The summed E-state index contributed by atoms with van der Waals surface area (Å²) in [5.41, 5.74) is 0.644. The molecule has 0 saturated heterocycles. The van der Waals surface area contributed by atoms with Crippen molar-refractivity contribution in [3.8, 4) is 5.75 Å². The van der Waals surface area contributed by atoms with Crippen molar-refractivity contribution in [2.24, 2.45) is 0 Å². The van der Waals surface area contributed by atoms with Crippen molar-refractivity contribution in [2.45, 2.75) is 18.6 Å². The van der Waals surface area contributed by atoms with Gasteiger partial charge in [0.15, 0.2) is 16.7 Å². The van der Waals surface area contributed by atoms with E-state index in [9.17, 15) is 9.18 Å². The number of para-hydroxylation sites is 2. The molecule has 1 aromatic heterocycles. The molecule has 0 radical (unpaired) electrons. The lowest BCUT2D eigenvalue weighted by Crippen LogP contribution is -2.22. The molecule has 0 aliphatic heterocycles. The second-order valence-electron chi connectivity index (χ2n) is 5.09. The number of aromatic nitrogens is 2. The molecule has 0 aliphatic carbocycles. The Bertz CT molecular complexity index is 911. The van der Waals surface area contributed by atoms with Gasteiger partial charge < -0.3 is 4.74 Å². The van der Waals surface area contributed by atoms with E-state index in [4.69, 9.17) is 4.74 Å². The number of thioether (sulfide) groups is 1. The van der Waals surface area contributed by atoms with Gasteiger partial charge in [-0.25, -0.2) is 9.37 Å². The van der Waals surface area contributed by atoms with Crippen LogP contribution in [-0.2, 0) is 6.54 Å². The largest absolute Gasteiger partial charge is 0.490 e. The van der Waals surface area contributed by atoms with Gasteiger partial charge in [-0.1, -0.05) is 36.0 Å². The molecule has 0 saturated carbocycles. The van der Waals surface area contributed by atoms with Crippen molar-refractivity contribution in [3.63, 3.8) is 0 Å². The molecule has 0 unspecified atom stereocenters. The van der Waals surface area contributed by atoms with Gasteiger partial charge >= 0.3 is 0 Å². The molecule has 2 aromatic carbocycles. The summed E-state index contributed by atoms with van der Waals surface area (Å²) in [6, 6.07) is 13.6. The third-order valence-corrected chi connectivity index (χ3v) is 4.49. The summed E-state index contributed by atoms with van der Waals surface area (Å²) in [7, 11) is 0. The lowest BCUT2D eigenvalue weighted by Gasteiger charge is -2.11. The molecule has 3 aromatic rings. The van der Waals surface area contributed by atoms with Crippen molar-refractivity contribution < 1.29 is 9.13 Å². The first-order chi connectivity index (χ1) is 11.7. The van der Waals surface area contributed by atoms with E-state index >= 15 is 0 Å². The van der Waals surface area contributed by atoms with Gasteiger partial charge in [-0.2, -0.15) is 0 Å². The van der Waals surface area contributed by atoms with Crippen molar-refractivity contribution >= 4 is 22.7 Å². The number of halogens is 1. The van der Waals surface area contributed by atoms with Gasteiger partial charge in [0.2, 0.25) is 0 Å². The third-order valence-electron chi connectivity index (χ3n) is 3.55. The summed E-state index contributed by atoms with van der Waals surface area (Å²) in [4.78, 5) is 17.1. The average molecular weight is 344 g/mol. The van der Waals surface area contributed by atoms with E-state index in [1.165, 1.54) is 17.8 Å². The van der Waals surface area contributed by atoms with Crippen molar-refractivity contribution in [3.05, 3.63) is 64.7 Å². The maximum atomic E-state index is 13.5. The lowest BCUT2D eigenvalue weighted by molar-refractivity contribution is 0.324. The number of hydrogen-bond acceptors (Lipinski definition) is 4. The Morgan fingerprint density at radius 2 is 1.92 bits per heavy atom. The zero-order chi connectivity index (χ0) is 16.9. The second kappa shape index (κ2) is 7.49. The molecular weight excluding hydrogens is 327 g/mol. The first-order valence-corrected chi connectivity index (χ1v) is 8.69. The van der Waals surface area contributed by atoms with Gasteiger partial charge in [-0.15, -0.1) is 0 Å². The quantitative estimate of drug-likeness (QED) is 0.388. The minimum atomic E-state index is -0.378. The van der Waals surface area contributed by atoms with Gasteiger partial charge in [0.25, 0.3) is 5.56 Å². The van der Waals surface area contributed by atoms with Crippen molar-refractivity contribution in [2.75, 3.05) is 12.4 Å². The normalized spacial score (nSPS) is 10.9. The number of rotatable bonds is 6. The van der Waals surface area contributed by atoms with Crippen LogP contribution in [0.1, 0.15) is 6.92 Å². The molecule has 1 heterocycles. The summed E-state index contributed by atoms with van der Waals surface area (Å²) in [6.45, 7) is 2.79. The van der Waals surface area contributed by atoms with Crippen LogP contribution in [-0.4, -0.2) is 21.9 Å².